The molecule has 2 amide bonds. The number of nitrogens with one attached hydrogen (secondary N) is 1. The van der Waals surface area contributed by atoms with Crippen LogP contribution in [0.3, 0.4) is 0 Å². The molecule has 2 rings (SSSR count). The summed E-state index contributed by atoms with van der Waals surface area (Å²) in [7, 11) is 0. The maximum atomic E-state index is 13.4. The zero-order valence-corrected chi connectivity index (χ0v) is 11.3. The molecule has 2 N–H and O–H groups in total. The maximum absolute atomic E-state index is 13.4. The highest BCUT2D eigenvalue weighted by atomic mass is 19.1. The van der Waals surface area contributed by atoms with E-state index in [0.717, 1.165) is 12.1 Å². The summed E-state index contributed by atoms with van der Waals surface area (Å²) in [6, 6.07) is 2.80. The number of amides is 2. The number of rotatable bonds is 3. The molecule has 0 atom stereocenters. The summed E-state index contributed by atoms with van der Waals surface area (Å²) in [6.45, 7) is 0.674. The first kappa shape index (κ1) is 15.2. The fraction of sp³-hybridized carbons (Fsp3) is 0.429. The molecule has 1 aromatic carbocycles. The van der Waals surface area contributed by atoms with E-state index in [1.165, 1.54) is 11.0 Å². The Morgan fingerprint density at radius 3 is 2.52 bits per heavy atom. The van der Waals surface area contributed by atoms with Gasteiger partial charge in [-0.15, -0.1) is 0 Å². The number of hydrogen-bond donors (Lipinski definition) is 2. The van der Waals surface area contributed by atoms with Gasteiger partial charge in [-0.3, -0.25) is 4.79 Å². The minimum atomic E-state index is -0.844. The molecule has 1 fully saturated rings. The van der Waals surface area contributed by atoms with E-state index in [4.69, 9.17) is 5.11 Å². The first-order valence-corrected chi connectivity index (χ1v) is 6.67. The van der Waals surface area contributed by atoms with Crippen molar-refractivity contribution in [1.82, 2.24) is 10.2 Å². The highest BCUT2D eigenvalue weighted by molar-refractivity contribution is 5.75. The molecule has 0 aromatic heterocycles. The lowest BCUT2D eigenvalue weighted by Gasteiger charge is -2.30. The van der Waals surface area contributed by atoms with E-state index in [0.29, 0.717) is 25.9 Å². The Morgan fingerprint density at radius 1 is 1.29 bits per heavy atom. The van der Waals surface area contributed by atoms with Gasteiger partial charge in [-0.2, -0.15) is 0 Å². The Hall–Kier alpha value is -2.18. The molecule has 21 heavy (non-hydrogen) atoms. The standard InChI is InChI=1S/C14H16F2N2O3/c15-11-2-1-10(12(16)7-11)8-17-14(21)18-5-3-9(4-6-18)13(19)20/h1-2,7,9H,3-6,8H2,(H,17,21)(H,19,20). The molecule has 1 heterocycles. The summed E-state index contributed by atoms with van der Waals surface area (Å²) in [5.41, 5.74) is 0.199. The van der Waals surface area contributed by atoms with Crippen molar-refractivity contribution in [1.29, 1.82) is 0 Å². The van der Waals surface area contributed by atoms with Crippen molar-refractivity contribution in [3.8, 4) is 0 Å². The predicted molar refractivity (Wildman–Crippen MR) is 70.5 cm³/mol. The van der Waals surface area contributed by atoms with E-state index in [-0.39, 0.29) is 18.1 Å². The molecule has 1 aliphatic rings. The van der Waals surface area contributed by atoms with Gasteiger partial charge in [0.2, 0.25) is 0 Å². The van der Waals surface area contributed by atoms with Crippen LogP contribution in [-0.2, 0) is 11.3 Å². The fourth-order valence-electron chi connectivity index (χ4n) is 2.28. The molecule has 1 saturated heterocycles. The Balaban J connectivity index is 1.84. The number of carboxylic acids is 1. The third-order valence-corrected chi connectivity index (χ3v) is 3.58. The molecule has 114 valence electrons. The second-order valence-corrected chi connectivity index (χ2v) is 4.99. The summed E-state index contributed by atoms with van der Waals surface area (Å²) >= 11 is 0. The molecule has 1 aromatic rings. The summed E-state index contributed by atoms with van der Waals surface area (Å²) in [6.07, 6.45) is 0.821. The smallest absolute Gasteiger partial charge is 0.317 e. The van der Waals surface area contributed by atoms with Crippen LogP contribution in [0.2, 0.25) is 0 Å². The number of piperidine rings is 1. The van der Waals surface area contributed by atoms with Crippen molar-refractivity contribution in [2.75, 3.05) is 13.1 Å². The lowest BCUT2D eigenvalue weighted by atomic mass is 9.97. The molecule has 0 unspecified atom stereocenters. The number of carbonyl (C=O) groups is 2. The minimum absolute atomic E-state index is 0.0379. The second kappa shape index (κ2) is 6.51. The van der Waals surface area contributed by atoms with E-state index in [2.05, 4.69) is 5.32 Å². The van der Waals surface area contributed by atoms with Gasteiger partial charge in [-0.05, 0) is 18.9 Å². The predicted octanol–water partition coefficient (Wildman–Crippen LogP) is 1.97. The van der Waals surface area contributed by atoms with Gasteiger partial charge in [0.1, 0.15) is 11.6 Å². The van der Waals surface area contributed by atoms with Crippen LogP contribution in [0.1, 0.15) is 18.4 Å². The number of benzene rings is 1. The molecule has 0 spiro atoms. The van der Waals surface area contributed by atoms with Crippen molar-refractivity contribution >= 4 is 12.0 Å². The Bertz CT molecular complexity index is 543. The number of aliphatic carboxylic acids is 1. The number of carboxylic acid groups (broad SMARTS) is 1. The molecule has 0 radical (unpaired) electrons. The van der Waals surface area contributed by atoms with Gasteiger partial charge in [-0.1, -0.05) is 6.07 Å². The first-order valence-electron chi connectivity index (χ1n) is 6.67. The lowest BCUT2D eigenvalue weighted by Crippen LogP contribution is -2.45. The second-order valence-electron chi connectivity index (χ2n) is 4.99. The normalized spacial score (nSPS) is 15.8. The highest BCUT2D eigenvalue weighted by Gasteiger charge is 2.26. The minimum Gasteiger partial charge on any atom is -0.481 e. The van der Waals surface area contributed by atoms with Gasteiger partial charge < -0.3 is 15.3 Å². The number of urea groups is 1. The first-order chi connectivity index (χ1) is 9.97. The zero-order chi connectivity index (χ0) is 15.4. The number of halogens is 2. The third kappa shape index (κ3) is 3.90. The van der Waals surface area contributed by atoms with Gasteiger partial charge in [0.05, 0.1) is 5.92 Å². The third-order valence-electron chi connectivity index (χ3n) is 3.58. The molecule has 0 bridgehead atoms. The van der Waals surface area contributed by atoms with Crippen LogP contribution in [0.5, 0.6) is 0 Å². The molecule has 1 aliphatic heterocycles. The van der Waals surface area contributed by atoms with Gasteiger partial charge in [0.25, 0.3) is 0 Å². The maximum Gasteiger partial charge on any atom is 0.317 e. The van der Waals surface area contributed by atoms with Crippen LogP contribution < -0.4 is 5.32 Å². The van der Waals surface area contributed by atoms with Crippen molar-refractivity contribution in [3.63, 3.8) is 0 Å². The molecule has 5 nitrogen and oxygen atoms in total. The number of likely N-dealkylation sites (tertiary alicyclic amines) is 1. The molecule has 0 aliphatic carbocycles. The van der Waals surface area contributed by atoms with Crippen LogP contribution in [0.25, 0.3) is 0 Å². The number of hydrogen-bond acceptors (Lipinski definition) is 2. The Labute approximate surface area is 120 Å². The van der Waals surface area contributed by atoms with Crippen LogP contribution in [-0.4, -0.2) is 35.1 Å². The summed E-state index contributed by atoms with van der Waals surface area (Å²) in [4.78, 5) is 24.2. The lowest BCUT2D eigenvalue weighted by molar-refractivity contribution is -0.143. The monoisotopic (exact) mass is 298 g/mol. The van der Waals surface area contributed by atoms with E-state index >= 15 is 0 Å². The van der Waals surface area contributed by atoms with Gasteiger partial charge >= 0.3 is 12.0 Å². The van der Waals surface area contributed by atoms with Crippen molar-refractivity contribution in [3.05, 3.63) is 35.4 Å². The quantitative estimate of drug-likeness (QED) is 0.896. The summed E-state index contributed by atoms with van der Waals surface area (Å²) < 4.78 is 26.2. The van der Waals surface area contributed by atoms with Crippen LogP contribution >= 0.6 is 0 Å². The molecule has 0 saturated carbocycles. The molecular formula is C14H16F2N2O3. The average molecular weight is 298 g/mol. The van der Waals surface area contributed by atoms with E-state index in [1.54, 1.807) is 0 Å². The van der Waals surface area contributed by atoms with Crippen LogP contribution in [0.15, 0.2) is 18.2 Å². The van der Waals surface area contributed by atoms with E-state index in [1.807, 2.05) is 0 Å². The number of carbonyl (C=O) groups excluding carboxylic acids is 1. The van der Waals surface area contributed by atoms with Crippen LogP contribution in [0, 0.1) is 17.6 Å². The topological polar surface area (TPSA) is 69.6 Å². The Kier molecular flexibility index (Phi) is 4.72. The highest BCUT2D eigenvalue weighted by Crippen LogP contribution is 2.17. The summed E-state index contributed by atoms with van der Waals surface area (Å²) in [5, 5.41) is 11.4. The SMILES string of the molecule is O=C(O)C1CCN(C(=O)NCc2ccc(F)cc2F)CC1. The van der Waals surface area contributed by atoms with Crippen molar-refractivity contribution < 1.29 is 23.5 Å². The largest absolute Gasteiger partial charge is 0.481 e. The number of nitrogens with zero attached hydrogens (tertiary/aromatic N) is 1. The molecular weight excluding hydrogens is 282 g/mol. The van der Waals surface area contributed by atoms with E-state index in [9.17, 15) is 18.4 Å². The van der Waals surface area contributed by atoms with Crippen LogP contribution in [0.4, 0.5) is 13.6 Å². The van der Waals surface area contributed by atoms with Gasteiger partial charge in [0.15, 0.2) is 0 Å². The van der Waals surface area contributed by atoms with Crippen molar-refractivity contribution in [2.45, 2.75) is 19.4 Å². The molecule has 7 heteroatoms. The Morgan fingerprint density at radius 2 is 1.95 bits per heavy atom. The fourth-order valence-corrected chi connectivity index (χ4v) is 2.28. The van der Waals surface area contributed by atoms with Crippen molar-refractivity contribution in [2.24, 2.45) is 5.92 Å². The van der Waals surface area contributed by atoms with Gasteiger partial charge in [0, 0.05) is 31.3 Å². The van der Waals surface area contributed by atoms with Gasteiger partial charge in [-0.25, -0.2) is 13.6 Å². The average Bonchev–Trinajstić information content (AvgIpc) is 2.46. The zero-order valence-electron chi connectivity index (χ0n) is 11.3. The van der Waals surface area contributed by atoms with E-state index < -0.39 is 23.5 Å². The summed E-state index contributed by atoms with van der Waals surface area (Å²) in [5.74, 6) is -2.63.